The van der Waals surface area contributed by atoms with Crippen molar-refractivity contribution in [3.63, 3.8) is 0 Å². The number of Topliss-reactive ketones (excluding diaryl/α,β-unsaturated/α-hetero) is 1. The Balaban J connectivity index is 1.55. The van der Waals surface area contributed by atoms with Gasteiger partial charge in [0.25, 0.3) is 5.91 Å². The van der Waals surface area contributed by atoms with Gasteiger partial charge in [0.05, 0.1) is 6.54 Å². The van der Waals surface area contributed by atoms with Crippen molar-refractivity contribution in [1.82, 2.24) is 5.32 Å². The van der Waals surface area contributed by atoms with Gasteiger partial charge >= 0.3 is 0 Å². The fourth-order valence-electron chi connectivity index (χ4n) is 2.47. The van der Waals surface area contributed by atoms with Crippen LogP contribution >= 0.6 is 0 Å². The third kappa shape index (κ3) is 4.92. The molecule has 2 aromatic rings. The summed E-state index contributed by atoms with van der Waals surface area (Å²) in [4.78, 5) is 35.6. The van der Waals surface area contributed by atoms with Gasteiger partial charge in [-0.1, -0.05) is 18.2 Å². The zero-order chi connectivity index (χ0) is 18.5. The first-order valence-corrected chi connectivity index (χ1v) is 8.57. The number of rotatable bonds is 7. The van der Waals surface area contributed by atoms with E-state index in [1.807, 2.05) is 0 Å². The molecule has 1 fully saturated rings. The molecule has 2 amide bonds. The minimum absolute atomic E-state index is 0.0283. The molecule has 0 atom stereocenters. The van der Waals surface area contributed by atoms with Crippen LogP contribution in [-0.4, -0.2) is 30.2 Å². The normalized spacial score (nSPS) is 13.0. The van der Waals surface area contributed by atoms with Gasteiger partial charge in [0.2, 0.25) is 5.91 Å². The SMILES string of the molecule is CC(=O)c1cccc(NCC(=O)Nc2cccc(C(=O)NC3CC3)c2)c1. The molecule has 0 aromatic heterocycles. The minimum Gasteiger partial charge on any atom is -0.376 e. The first-order valence-electron chi connectivity index (χ1n) is 8.57. The molecule has 6 nitrogen and oxygen atoms in total. The standard InChI is InChI=1S/C20H21N3O3/c1-13(24)14-4-2-6-17(10-14)21-12-19(25)22-18-7-3-5-15(11-18)20(26)23-16-8-9-16/h2-7,10-11,16,21H,8-9,12H2,1H3,(H,22,25)(H,23,26). The average Bonchev–Trinajstić information content (AvgIpc) is 3.44. The first-order chi connectivity index (χ1) is 12.5. The molecule has 3 N–H and O–H groups in total. The third-order valence-corrected chi connectivity index (χ3v) is 4.04. The Hall–Kier alpha value is -3.15. The fraction of sp³-hybridized carbons (Fsp3) is 0.250. The van der Waals surface area contributed by atoms with Crippen LogP contribution in [-0.2, 0) is 4.79 Å². The molecule has 6 heteroatoms. The van der Waals surface area contributed by atoms with Crippen LogP contribution in [0, 0.1) is 0 Å². The molecule has 0 saturated heterocycles. The van der Waals surface area contributed by atoms with Crippen LogP contribution in [0.5, 0.6) is 0 Å². The van der Waals surface area contributed by atoms with Gasteiger partial charge in [-0.05, 0) is 50.1 Å². The smallest absolute Gasteiger partial charge is 0.251 e. The predicted octanol–water partition coefficient (Wildman–Crippen LogP) is 2.83. The van der Waals surface area contributed by atoms with Gasteiger partial charge in [0.1, 0.15) is 0 Å². The van der Waals surface area contributed by atoms with Crippen LogP contribution in [0.3, 0.4) is 0 Å². The van der Waals surface area contributed by atoms with Crippen molar-refractivity contribution in [2.24, 2.45) is 0 Å². The highest BCUT2D eigenvalue weighted by Crippen LogP contribution is 2.20. The van der Waals surface area contributed by atoms with Crippen molar-refractivity contribution < 1.29 is 14.4 Å². The van der Waals surface area contributed by atoms with Crippen molar-refractivity contribution in [2.75, 3.05) is 17.2 Å². The lowest BCUT2D eigenvalue weighted by atomic mass is 10.1. The Labute approximate surface area is 152 Å². The van der Waals surface area contributed by atoms with Gasteiger partial charge < -0.3 is 16.0 Å². The summed E-state index contributed by atoms with van der Waals surface area (Å²) in [6.07, 6.45) is 2.05. The first kappa shape index (κ1) is 17.7. The van der Waals surface area contributed by atoms with Crippen LogP contribution < -0.4 is 16.0 Å². The highest BCUT2D eigenvalue weighted by molar-refractivity contribution is 5.98. The number of nitrogens with one attached hydrogen (secondary N) is 3. The summed E-state index contributed by atoms with van der Waals surface area (Å²) in [5.74, 6) is -0.389. The molecule has 2 aromatic carbocycles. The molecule has 0 radical (unpaired) electrons. The molecule has 0 bridgehead atoms. The summed E-state index contributed by atoms with van der Waals surface area (Å²) in [5, 5.41) is 8.67. The molecule has 1 aliphatic carbocycles. The van der Waals surface area contributed by atoms with Gasteiger partial charge in [-0.25, -0.2) is 0 Å². The summed E-state index contributed by atoms with van der Waals surface area (Å²) >= 11 is 0. The summed E-state index contributed by atoms with van der Waals surface area (Å²) < 4.78 is 0. The number of ketones is 1. The second-order valence-corrected chi connectivity index (χ2v) is 6.37. The van der Waals surface area contributed by atoms with Crippen LogP contribution in [0.4, 0.5) is 11.4 Å². The minimum atomic E-state index is -0.238. The molecule has 1 saturated carbocycles. The van der Waals surface area contributed by atoms with Gasteiger partial charge in [-0.3, -0.25) is 14.4 Å². The predicted molar refractivity (Wildman–Crippen MR) is 100 cm³/mol. The number of benzene rings is 2. The Bertz CT molecular complexity index is 844. The van der Waals surface area contributed by atoms with Crippen molar-refractivity contribution in [1.29, 1.82) is 0 Å². The fourth-order valence-corrected chi connectivity index (χ4v) is 2.47. The summed E-state index contributed by atoms with van der Waals surface area (Å²) in [5.41, 5.74) is 2.38. The molecule has 3 rings (SSSR count). The van der Waals surface area contributed by atoms with Crippen LogP contribution in [0.1, 0.15) is 40.5 Å². The molecule has 0 heterocycles. The quantitative estimate of drug-likeness (QED) is 0.670. The number of hydrogen-bond acceptors (Lipinski definition) is 4. The van der Waals surface area contributed by atoms with Crippen molar-refractivity contribution in [2.45, 2.75) is 25.8 Å². The second-order valence-electron chi connectivity index (χ2n) is 6.37. The van der Waals surface area contributed by atoms with Gasteiger partial charge in [0, 0.05) is 28.5 Å². The van der Waals surface area contributed by atoms with E-state index in [9.17, 15) is 14.4 Å². The lowest BCUT2D eigenvalue weighted by Gasteiger charge is -2.10. The Morgan fingerprint density at radius 1 is 0.962 bits per heavy atom. The molecule has 1 aliphatic rings. The van der Waals surface area contributed by atoms with E-state index in [2.05, 4.69) is 16.0 Å². The summed E-state index contributed by atoms with van der Waals surface area (Å²) in [7, 11) is 0. The van der Waals surface area contributed by atoms with Crippen molar-refractivity contribution in [3.05, 3.63) is 59.7 Å². The maximum absolute atomic E-state index is 12.1. The van der Waals surface area contributed by atoms with E-state index in [0.29, 0.717) is 22.5 Å². The number of amides is 2. The van der Waals surface area contributed by atoms with Gasteiger partial charge in [-0.2, -0.15) is 0 Å². The molecule has 134 valence electrons. The lowest BCUT2D eigenvalue weighted by Crippen LogP contribution is -2.26. The van der Waals surface area contributed by atoms with Crippen LogP contribution in [0.15, 0.2) is 48.5 Å². The third-order valence-electron chi connectivity index (χ3n) is 4.04. The largest absolute Gasteiger partial charge is 0.376 e. The van der Waals surface area contributed by atoms with Crippen LogP contribution in [0.25, 0.3) is 0 Å². The maximum atomic E-state index is 12.1. The molecule has 0 aliphatic heterocycles. The zero-order valence-corrected chi connectivity index (χ0v) is 14.5. The Kier molecular flexibility index (Phi) is 5.31. The molecular weight excluding hydrogens is 330 g/mol. The second kappa shape index (κ2) is 7.82. The molecule has 26 heavy (non-hydrogen) atoms. The highest BCUT2D eigenvalue weighted by Gasteiger charge is 2.23. The Morgan fingerprint density at radius 2 is 1.62 bits per heavy atom. The molecule has 0 spiro atoms. The zero-order valence-electron chi connectivity index (χ0n) is 14.5. The van der Waals surface area contributed by atoms with E-state index in [4.69, 9.17) is 0 Å². The number of anilines is 2. The summed E-state index contributed by atoms with van der Waals surface area (Å²) in [6.45, 7) is 1.55. The highest BCUT2D eigenvalue weighted by atomic mass is 16.2. The van der Waals surface area contributed by atoms with Crippen molar-refractivity contribution >= 4 is 29.0 Å². The molecule has 0 unspecified atom stereocenters. The van der Waals surface area contributed by atoms with E-state index in [1.54, 1.807) is 48.5 Å². The van der Waals surface area contributed by atoms with Crippen molar-refractivity contribution in [3.8, 4) is 0 Å². The monoisotopic (exact) mass is 351 g/mol. The lowest BCUT2D eigenvalue weighted by molar-refractivity contribution is -0.114. The van der Waals surface area contributed by atoms with Gasteiger partial charge in [-0.15, -0.1) is 0 Å². The molecular formula is C20H21N3O3. The number of hydrogen-bond donors (Lipinski definition) is 3. The topological polar surface area (TPSA) is 87.3 Å². The van der Waals surface area contributed by atoms with E-state index >= 15 is 0 Å². The number of carbonyl (C=O) groups is 3. The average molecular weight is 351 g/mol. The Morgan fingerprint density at radius 3 is 2.31 bits per heavy atom. The van der Waals surface area contributed by atoms with E-state index in [0.717, 1.165) is 12.8 Å². The van der Waals surface area contributed by atoms with E-state index < -0.39 is 0 Å². The van der Waals surface area contributed by atoms with E-state index in [1.165, 1.54) is 6.92 Å². The van der Waals surface area contributed by atoms with E-state index in [-0.39, 0.29) is 30.2 Å². The van der Waals surface area contributed by atoms with Crippen LogP contribution in [0.2, 0.25) is 0 Å². The maximum Gasteiger partial charge on any atom is 0.251 e. The van der Waals surface area contributed by atoms with Gasteiger partial charge in [0.15, 0.2) is 5.78 Å². The number of carbonyl (C=O) groups excluding carboxylic acids is 3. The summed E-state index contributed by atoms with van der Waals surface area (Å²) in [6, 6.07) is 14.1.